The van der Waals surface area contributed by atoms with Gasteiger partial charge in [-0.25, -0.2) is 4.98 Å². The summed E-state index contributed by atoms with van der Waals surface area (Å²) in [5.74, 6) is -0.210. The summed E-state index contributed by atoms with van der Waals surface area (Å²) in [6.07, 6.45) is 13.8. The van der Waals surface area contributed by atoms with E-state index < -0.39 is 5.97 Å². The molecule has 1 saturated carbocycles. The molecule has 2 aliphatic heterocycles. The fourth-order valence-electron chi connectivity index (χ4n) is 7.18. The number of nitrogens with zero attached hydrogens (tertiary/aromatic N) is 4. The second-order valence-electron chi connectivity index (χ2n) is 11.0. The van der Waals surface area contributed by atoms with E-state index in [1.165, 1.54) is 57.8 Å². The van der Waals surface area contributed by atoms with Crippen molar-refractivity contribution >= 4 is 22.8 Å². The molecule has 1 aliphatic carbocycles. The Morgan fingerprint density at radius 2 is 1.68 bits per heavy atom. The molecule has 3 atom stereocenters. The summed E-state index contributed by atoms with van der Waals surface area (Å²) in [5, 5.41) is 9.70. The van der Waals surface area contributed by atoms with Gasteiger partial charge >= 0.3 is 5.97 Å². The lowest BCUT2D eigenvalue weighted by molar-refractivity contribution is -0.141. The van der Waals surface area contributed by atoms with Gasteiger partial charge in [0.15, 0.2) is 5.82 Å². The van der Waals surface area contributed by atoms with Gasteiger partial charge in [-0.15, -0.1) is 0 Å². The molecule has 3 fully saturated rings. The molecule has 1 aromatic carbocycles. The molecule has 202 valence electrons. The predicted octanol–water partition coefficient (Wildman–Crippen LogP) is 4.04. The minimum atomic E-state index is -0.428. The van der Waals surface area contributed by atoms with Crippen LogP contribution in [0.25, 0.3) is 11.0 Å². The van der Waals surface area contributed by atoms with Gasteiger partial charge in [0.1, 0.15) is 6.54 Å². The SMILES string of the molecule is CCOC(=O)CN(CCO)c1nc2ccccc2n([C@H]2C[C@H]3CC[C@@H](C2)N3C2CCCCCCC2)c1=O. The number of fused-ring (bicyclic) bond motifs is 3. The van der Waals surface area contributed by atoms with E-state index in [2.05, 4.69) is 9.88 Å². The number of piperidine rings is 1. The standard InChI is InChI=1S/C29H42N4O4/c1-2-37-27(35)20-31(16-17-34)28-29(36)33(26-13-9-8-12-25(26)30-28)24-18-22-14-15-23(19-24)32(22)21-10-6-4-3-5-7-11-21/h8-9,12-13,21-24,34H,2-7,10-11,14-20H2,1H3/t22-,23+,24+. The first-order valence-electron chi connectivity index (χ1n) is 14.4. The number of carbonyl (C=O) groups excluding carboxylic acids is 1. The molecule has 0 spiro atoms. The van der Waals surface area contributed by atoms with Crippen molar-refractivity contribution in [3.05, 3.63) is 34.6 Å². The van der Waals surface area contributed by atoms with Crippen LogP contribution in [0.2, 0.25) is 0 Å². The fraction of sp³-hybridized carbons (Fsp3) is 0.690. The number of rotatable bonds is 8. The molecule has 3 aliphatic rings. The Labute approximate surface area is 219 Å². The molecule has 8 heteroatoms. The van der Waals surface area contributed by atoms with Gasteiger partial charge in [0.2, 0.25) is 0 Å². The number of benzene rings is 1. The summed E-state index contributed by atoms with van der Waals surface area (Å²) < 4.78 is 7.08. The number of hydrogen-bond acceptors (Lipinski definition) is 7. The van der Waals surface area contributed by atoms with Crippen LogP contribution in [0.15, 0.2) is 29.1 Å². The zero-order valence-corrected chi connectivity index (χ0v) is 22.2. The molecule has 0 amide bonds. The number of para-hydroxylation sites is 2. The number of aliphatic hydroxyl groups excluding tert-OH is 1. The molecule has 2 bridgehead atoms. The van der Waals surface area contributed by atoms with Crippen molar-refractivity contribution in [1.29, 1.82) is 0 Å². The van der Waals surface area contributed by atoms with Gasteiger partial charge in [-0.2, -0.15) is 0 Å². The van der Waals surface area contributed by atoms with Crippen LogP contribution >= 0.6 is 0 Å². The molecule has 0 radical (unpaired) electrons. The maximum atomic E-state index is 14.0. The first-order chi connectivity index (χ1) is 18.1. The van der Waals surface area contributed by atoms with Crippen molar-refractivity contribution in [2.24, 2.45) is 0 Å². The summed E-state index contributed by atoms with van der Waals surface area (Å²) in [6, 6.07) is 9.61. The second-order valence-corrected chi connectivity index (χ2v) is 11.0. The van der Waals surface area contributed by atoms with E-state index in [0.717, 1.165) is 23.9 Å². The van der Waals surface area contributed by atoms with Crippen molar-refractivity contribution in [1.82, 2.24) is 14.5 Å². The molecule has 2 saturated heterocycles. The molecular formula is C29H42N4O4. The van der Waals surface area contributed by atoms with E-state index >= 15 is 0 Å². The Morgan fingerprint density at radius 3 is 2.35 bits per heavy atom. The van der Waals surface area contributed by atoms with Crippen LogP contribution in [0.4, 0.5) is 5.82 Å². The van der Waals surface area contributed by atoms with E-state index in [-0.39, 0.29) is 43.7 Å². The summed E-state index contributed by atoms with van der Waals surface area (Å²) >= 11 is 0. The van der Waals surface area contributed by atoms with E-state index in [1.54, 1.807) is 11.8 Å². The lowest BCUT2D eigenvalue weighted by Gasteiger charge is -2.45. The van der Waals surface area contributed by atoms with Crippen molar-refractivity contribution in [2.45, 2.75) is 102 Å². The van der Waals surface area contributed by atoms with Crippen LogP contribution < -0.4 is 10.5 Å². The van der Waals surface area contributed by atoms with Gasteiger partial charge < -0.3 is 19.3 Å². The van der Waals surface area contributed by atoms with Crippen LogP contribution in [0, 0.1) is 0 Å². The largest absolute Gasteiger partial charge is 0.465 e. The Hall–Kier alpha value is -2.45. The Bertz CT molecular complexity index is 1110. The molecule has 3 heterocycles. The van der Waals surface area contributed by atoms with E-state index in [4.69, 9.17) is 4.74 Å². The zero-order valence-electron chi connectivity index (χ0n) is 22.2. The molecule has 1 N–H and O–H groups in total. The van der Waals surface area contributed by atoms with Crippen molar-refractivity contribution in [3.8, 4) is 0 Å². The van der Waals surface area contributed by atoms with Gasteiger partial charge in [0, 0.05) is 30.7 Å². The highest BCUT2D eigenvalue weighted by Crippen LogP contribution is 2.44. The molecule has 8 nitrogen and oxygen atoms in total. The van der Waals surface area contributed by atoms with Gasteiger partial charge in [0.05, 0.1) is 24.2 Å². The molecule has 37 heavy (non-hydrogen) atoms. The Kier molecular flexibility index (Phi) is 8.45. The van der Waals surface area contributed by atoms with Crippen molar-refractivity contribution < 1.29 is 14.6 Å². The Balaban J connectivity index is 1.47. The minimum Gasteiger partial charge on any atom is -0.465 e. The lowest BCUT2D eigenvalue weighted by Crippen LogP contribution is -2.50. The van der Waals surface area contributed by atoms with Gasteiger partial charge in [-0.05, 0) is 57.6 Å². The summed E-state index contributed by atoms with van der Waals surface area (Å²) in [5.41, 5.74) is 1.40. The summed E-state index contributed by atoms with van der Waals surface area (Å²) in [7, 11) is 0. The summed E-state index contributed by atoms with van der Waals surface area (Å²) in [4.78, 5) is 35.5. The van der Waals surface area contributed by atoms with Crippen LogP contribution in [0.1, 0.15) is 83.6 Å². The predicted molar refractivity (Wildman–Crippen MR) is 145 cm³/mol. The maximum Gasteiger partial charge on any atom is 0.325 e. The van der Waals surface area contributed by atoms with Gasteiger partial charge in [-0.3, -0.25) is 14.5 Å². The maximum absolute atomic E-state index is 14.0. The highest BCUT2D eigenvalue weighted by Gasteiger charge is 2.44. The quantitative estimate of drug-likeness (QED) is 0.536. The average Bonchev–Trinajstić information content (AvgIpc) is 3.12. The first-order valence-corrected chi connectivity index (χ1v) is 14.4. The van der Waals surface area contributed by atoms with E-state index in [0.29, 0.717) is 18.1 Å². The van der Waals surface area contributed by atoms with Crippen LogP contribution in [-0.4, -0.2) is 70.0 Å². The number of hydrogen-bond donors (Lipinski definition) is 1. The number of anilines is 1. The molecule has 5 rings (SSSR count). The summed E-state index contributed by atoms with van der Waals surface area (Å²) in [6.45, 7) is 1.87. The number of esters is 1. The Morgan fingerprint density at radius 1 is 1.00 bits per heavy atom. The average molecular weight is 511 g/mol. The normalized spacial score (nSPS) is 25.1. The monoisotopic (exact) mass is 510 g/mol. The number of aromatic nitrogens is 2. The molecule has 0 unspecified atom stereocenters. The third-order valence-electron chi connectivity index (χ3n) is 8.70. The second kappa shape index (κ2) is 11.9. The highest BCUT2D eigenvalue weighted by molar-refractivity contribution is 5.79. The zero-order chi connectivity index (χ0) is 25.8. The van der Waals surface area contributed by atoms with Gasteiger partial charge in [0.25, 0.3) is 5.56 Å². The molecular weight excluding hydrogens is 468 g/mol. The van der Waals surface area contributed by atoms with Gasteiger partial charge in [-0.1, -0.05) is 44.2 Å². The third-order valence-corrected chi connectivity index (χ3v) is 8.70. The smallest absolute Gasteiger partial charge is 0.325 e. The lowest BCUT2D eigenvalue weighted by atomic mass is 9.89. The number of ether oxygens (including phenoxy) is 1. The fourth-order valence-corrected chi connectivity index (χ4v) is 7.18. The molecule has 2 aromatic rings. The minimum absolute atomic E-state index is 0.0972. The van der Waals surface area contributed by atoms with Crippen molar-refractivity contribution in [2.75, 3.05) is 31.2 Å². The van der Waals surface area contributed by atoms with Crippen LogP contribution in [0.3, 0.4) is 0 Å². The highest BCUT2D eigenvalue weighted by atomic mass is 16.5. The van der Waals surface area contributed by atoms with E-state index in [9.17, 15) is 14.7 Å². The number of carbonyl (C=O) groups is 1. The number of aliphatic hydroxyl groups is 1. The topological polar surface area (TPSA) is 87.9 Å². The van der Waals surface area contributed by atoms with Crippen LogP contribution in [-0.2, 0) is 9.53 Å². The van der Waals surface area contributed by atoms with Crippen LogP contribution in [0.5, 0.6) is 0 Å². The van der Waals surface area contributed by atoms with Crippen molar-refractivity contribution in [3.63, 3.8) is 0 Å². The third kappa shape index (κ3) is 5.55. The van der Waals surface area contributed by atoms with E-state index in [1.807, 2.05) is 28.8 Å². The molecule has 1 aromatic heterocycles. The first kappa shape index (κ1) is 26.2.